The van der Waals surface area contributed by atoms with E-state index in [1.165, 1.54) is 39.0 Å². The van der Waals surface area contributed by atoms with Crippen molar-refractivity contribution >= 4 is 17.9 Å². The van der Waals surface area contributed by atoms with Crippen LogP contribution in [0.3, 0.4) is 0 Å². The summed E-state index contributed by atoms with van der Waals surface area (Å²) in [5.41, 5.74) is 3.49. The van der Waals surface area contributed by atoms with Crippen molar-refractivity contribution < 1.29 is 37.7 Å². The third-order valence-electron chi connectivity index (χ3n) is 5.45. The molecule has 0 atom stereocenters. The summed E-state index contributed by atoms with van der Waals surface area (Å²) in [6.45, 7) is 15.2. The van der Waals surface area contributed by atoms with Crippen molar-refractivity contribution in [3.05, 3.63) is 103 Å². The van der Waals surface area contributed by atoms with E-state index in [2.05, 4.69) is 19.7 Å². The molecule has 0 aliphatic heterocycles. The van der Waals surface area contributed by atoms with Crippen LogP contribution in [0.5, 0.6) is 17.2 Å². The highest BCUT2D eigenvalue weighted by Crippen LogP contribution is 2.35. The molecule has 0 radical (unpaired) electrons. The summed E-state index contributed by atoms with van der Waals surface area (Å²) in [6.07, 6.45) is 0. The predicted molar refractivity (Wildman–Crippen MR) is 149 cm³/mol. The number of ether oxygens (including phenoxy) is 4. The monoisotopic (exact) mass is 544 g/mol. The quantitative estimate of drug-likeness (QED) is 0.116. The molecule has 7 nitrogen and oxygen atoms in total. The van der Waals surface area contributed by atoms with Crippen LogP contribution in [0.4, 0.5) is 4.39 Å². The van der Waals surface area contributed by atoms with E-state index in [0.717, 1.165) is 11.1 Å². The molecule has 3 rings (SSSR count). The first kappa shape index (κ1) is 29.6. The number of rotatable bonds is 11. The fourth-order valence-electron chi connectivity index (χ4n) is 3.29. The third kappa shape index (κ3) is 7.77. The molecule has 0 saturated carbocycles. The number of carbonyl (C=O) groups excluding carboxylic acids is 3. The summed E-state index contributed by atoms with van der Waals surface area (Å²) in [5.74, 6) is -2.25. The van der Waals surface area contributed by atoms with Gasteiger partial charge in [-0.05, 0) is 67.3 Å². The minimum Gasteiger partial charge on any atom is -0.487 e. The van der Waals surface area contributed by atoms with Gasteiger partial charge in [0.2, 0.25) is 0 Å². The fraction of sp³-hybridized carbons (Fsp3) is 0.156. The highest BCUT2D eigenvalue weighted by molar-refractivity contribution is 5.91. The molecule has 0 aliphatic carbocycles. The molecule has 0 unspecified atom stereocenters. The minimum atomic E-state index is -0.664. The second-order valence-corrected chi connectivity index (χ2v) is 8.99. The van der Waals surface area contributed by atoms with Crippen molar-refractivity contribution in [2.24, 2.45) is 0 Å². The first-order valence-electron chi connectivity index (χ1n) is 12.2. The van der Waals surface area contributed by atoms with Crippen molar-refractivity contribution in [1.82, 2.24) is 0 Å². The Morgan fingerprint density at radius 1 is 0.600 bits per heavy atom. The maximum Gasteiger partial charge on any atom is 0.338 e. The molecule has 0 spiro atoms. The molecule has 0 fully saturated rings. The number of halogens is 1. The van der Waals surface area contributed by atoms with E-state index in [9.17, 15) is 18.8 Å². The molecule has 206 valence electrons. The van der Waals surface area contributed by atoms with Gasteiger partial charge in [0.15, 0.2) is 23.1 Å². The molecule has 0 saturated heterocycles. The summed E-state index contributed by atoms with van der Waals surface area (Å²) >= 11 is 0. The van der Waals surface area contributed by atoms with Crippen LogP contribution in [-0.4, -0.2) is 31.1 Å². The van der Waals surface area contributed by atoms with Gasteiger partial charge >= 0.3 is 17.9 Å². The van der Waals surface area contributed by atoms with E-state index < -0.39 is 23.7 Å². The fourth-order valence-corrected chi connectivity index (χ4v) is 3.29. The van der Waals surface area contributed by atoms with Crippen LogP contribution in [0, 0.1) is 5.82 Å². The SMILES string of the molecule is C=C(C)C(=O)OCCOc1ccc(-c2ccc(-c3ccc(OC(=O)C(=C)C)c(OC(=O)C(=C)C)c3)cc2)cc1F. The van der Waals surface area contributed by atoms with E-state index >= 15 is 0 Å². The van der Waals surface area contributed by atoms with E-state index in [-0.39, 0.29) is 47.2 Å². The van der Waals surface area contributed by atoms with Gasteiger partial charge in [0.1, 0.15) is 13.2 Å². The van der Waals surface area contributed by atoms with Gasteiger partial charge in [-0.3, -0.25) is 0 Å². The van der Waals surface area contributed by atoms with Crippen molar-refractivity contribution in [3.63, 3.8) is 0 Å². The highest BCUT2D eigenvalue weighted by Gasteiger charge is 2.16. The Bertz CT molecular complexity index is 1490. The number of esters is 3. The Balaban J connectivity index is 1.77. The van der Waals surface area contributed by atoms with Crippen molar-refractivity contribution in [2.75, 3.05) is 13.2 Å². The van der Waals surface area contributed by atoms with E-state index in [1.54, 1.807) is 18.2 Å². The highest BCUT2D eigenvalue weighted by atomic mass is 19.1. The number of hydrogen-bond donors (Lipinski definition) is 0. The lowest BCUT2D eigenvalue weighted by molar-refractivity contribution is -0.139. The van der Waals surface area contributed by atoms with Gasteiger partial charge in [-0.1, -0.05) is 56.1 Å². The zero-order valence-corrected chi connectivity index (χ0v) is 22.5. The van der Waals surface area contributed by atoms with Crippen molar-refractivity contribution in [3.8, 4) is 39.5 Å². The summed E-state index contributed by atoms with van der Waals surface area (Å²) in [5, 5.41) is 0. The van der Waals surface area contributed by atoms with Crippen LogP contribution in [0.25, 0.3) is 22.3 Å². The van der Waals surface area contributed by atoms with Gasteiger partial charge in [-0.2, -0.15) is 0 Å². The van der Waals surface area contributed by atoms with E-state index in [4.69, 9.17) is 18.9 Å². The van der Waals surface area contributed by atoms with Gasteiger partial charge in [-0.15, -0.1) is 0 Å². The van der Waals surface area contributed by atoms with Gasteiger partial charge < -0.3 is 18.9 Å². The van der Waals surface area contributed by atoms with E-state index in [0.29, 0.717) is 11.1 Å². The molecule has 8 heteroatoms. The summed E-state index contributed by atoms with van der Waals surface area (Å²) in [6, 6.07) is 16.7. The van der Waals surface area contributed by atoms with Crippen LogP contribution in [0.15, 0.2) is 97.1 Å². The Morgan fingerprint density at radius 2 is 1.05 bits per heavy atom. The number of hydrogen-bond acceptors (Lipinski definition) is 7. The average molecular weight is 545 g/mol. The van der Waals surface area contributed by atoms with Crippen LogP contribution in [0.1, 0.15) is 20.8 Å². The van der Waals surface area contributed by atoms with Gasteiger partial charge in [0.25, 0.3) is 0 Å². The Morgan fingerprint density at radius 3 is 1.55 bits per heavy atom. The zero-order valence-electron chi connectivity index (χ0n) is 22.5. The molecule has 3 aromatic rings. The molecule has 0 aromatic heterocycles. The second-order valence-electron chi connectivity index (χ2n) is 8.99. The molecule has 0 aliphatic rings. The standard InChI is InChI=1S/C32H29FO7/c1-19(2)30(34)38-16-15-37-27-13-11-24(17-26(27)33)22-7-9-23(10-8-22)25-12-14-28(39-31(35)20(3)4)29(18-25)40-32(36)21(5)6/h7-14,17-18H,1,3,5,15-16H2,2,4,6H3. The Labute approximate surface area is 232 Å². The van der Waals surface area contributed by atoms with Gasteiger partial charge in [0.05, 0.1) is 0 Å². The lowest BCUT2D eigenvalue weighted by Crippen LogP contribution is -2.12. The van der Waals surface area contributed by atoms with Gasteiger partial charge in [-0.25, -0.2) is 18.8 Å². The minimum absolute atomic E-state index is 0.00115. The van der Waals surface area contributed by atoms with Crippen LogP contribution >= 0.6 is 0 Å². The summed E-state index contributed by atoms with van der Waals surface area (Å²) < 4.78 is 35.7. The Kier molecular flexibility index (Phi) is 9.76. The smallest absolute Gasteiger partial charge is 0.338 e. The second kappa shape index (κ2) is 13.2. The summed E-state index contributed by atoms with van der Waals surface area (Å²) in [4.78, 5) is 35.6. The molecule has 0 heterocycles. The zero-order chi connectivity index (χ0) is 29.4. The van der Waals surface area contributed by atoms with E-state index in [1.807, 2.05) is 24.3 Å². The molecule has 0 amide bonds. The predicted octanol–water partition coefficient (Wildman–Crippen LogP) is 6.62. The third-order valence-corrected chi connectivity index (χ3v) is 5.45. The molecule has 0 N–H and O–H groups in total. The summed E-state index contributed by atoms with van der Waals surface area (Å²) in [7, 11) is 0. The lowest BCUT2D eigenvalue weighted by atomic mass is 10.00. The normalized spacial score (nSPS) is 10.3. The van der Waals surface area contributed by atoms with Gasteiger partial charge in [0, 0.05) is 16.7 Å². The molecular formula is C32H29FO7. The largest absolute Gasteiger partial charge is 0.487 e. The van der Waals surface area contributed by atoms with Crippen molar-refractivity contribution in [1.29, 1.82) is 0 Å². The first-order chi connectivity index (χ1) is 19.0. The lowest BCUT2D eigenvalue weighted by Gasteiger charge is -2.13. The van der Waals surface area contributed by atoms with Crippen LogP contribution in [-0.2, 0) is 19.1 Å². The number of carbonyl (C=O) groups is 3. The molecule has 0 bridgehead atoms. The number of benzene rings is 3. The first-order valence-corrected chi connectivity index (χ1v) is 12.2. The average Bonchev–Trinajstić information content (AvgIpc) is 2.92. The Hall–Kier alpha value is -4.98. The van der Waals surface area contributed by atoms with Crippen LogP contribution in [0.2, 0.25) is 0 Å². The molecule has 3 aromatic carbocycles. The maximum absolute atomic E-state index is 14.6. The maximum atomic E-state index is 14.6. The van der Waals surface area contributed by atoms with Crippen LogP contribution < -0.4 is 14.2 Å². The van der Waals surface area contributed by atoms with Crippen molar-refractivity contribution in [2.45, 2.75) is 20.8 Å². The topological polar surface area (TPSA) is 88.1 Å². The molecular weight excluding hydrogens is 515 g/mol. The molecule has 40 heavy (non-hydrogen) atoms.